The Hall–Kier alpha value is -2.81. The average Bonchev–Trinajstić information content (AvgIpc) is 3.41. The number of carbonyl (C=O) groups is 1. The van der Waals surface area contributed by atoms with Crippen molar-refractivity contribution in [2.75, 3.05) is 6.54 Å². The van der Waals surface area contributed by atoms with Gasteiger partial charge in [-0.2, -0.15) is 18.4 Å². The van der Waals surface area contributed by atoms with Crippen molar-refractivity contribution in [2.24, 2.45) is 5.92 Å². The first kappa shape index (κ1) is 19.0. The quantitative estimate of drug-likeness (QED) is 0.772. The molecule has 3 nitrogen and oxygen atoms in total. The summed E-state index contributed by atoms with van der Waals surface area (Å²) >= 11 is 0. The van der Waals surface area contributed by atoms with Crippen molar-refractivity contribution in [1.29, 1.82) is 5.26 Å². The van der Waals surface area contributed by atoms with E-state index in [4.69, 9.17) is 5.26 Å². The maximum atomic E-state index is 13.0. The number of rotatable bonds is 5. The second-order valence-electron chi connectivity index (χ2n) is 6.92. The Morgan fingerprint density at radius 3 is 2.44 bits per heavy atom. The number of amides is 1. The first-order valence-corrected chi connectivity index (χ1v) is 8.68. The van der Waals surface area contributed by atoms with E-state index >= 15 is 0 Å². The highest BCUT2D eigenvalue weighted by Gasteiger charge is 2.47. The van der Waals surface area contributed by atoms with Gasteiger partial charge >= 0.3 is 6.18 Å². The van der Waals surface area contributed by atoms with Crippen LogP contribution < -0.4 is 0 Å². The minimum absolute atomic E-state index is 0.0181. The molecule has 2 aromatic carbocycles. The molecule has 2 atom stereocenters. The number of benzene rings is 2. The molecule has 3 rings (SSSR count). The van der Waals surface area contributed by atoms with Gasteiger partial charge in [0.25, 0.3) is 0 Å². The van der Waals surface area contributed by atoms with Crippen molar-refractivity contribution in [3.63, 3.8) is 0 Å². The fraction of sp³-hybridized carbons (Fsp3) is 0.333. The number of aryl methyl sites for hydroxylation is 1. The van der Waals surface area contributed by atoms with Crippen LogP contribution in [0.3, 0.4) is 0 Å². The zero-order chi connectivity index (χ0) is 19.6. The van der Waals surface area contributed by atoms with Gasteiger partial charge < -0.3 is 4.90 Å². The van der Waals surface area contributed by atoms with Gasteiger partial charge in [0, 0.05) is 12.5 Å². The van der Waals surface area contributed by atoms with Gasteiger partial charge in [-0.1, -0.05) is 36.4 Å². The van der Waals surface area contributed by atoms with Crippen LogP contribution in [0, 0.1) is 24.2 Å². The third-order valence-electron chi connectivity index (χ3n) is 4.83. The van der Waals surface area contributed by atoms with E-state index in [9.17, 15) is 18.0 Å². The van der Waals surface area contributed by atoms with Crippen molar-refractivity contribution in [1.82, 2.24) is 4.90 Å². The Labute approximate surface area is 156 Å². The largest absolute Gasteiger partial charge is 0.406 e. The molecule has 2 aromatic rings. The van der Waals surface area contributed by atoms with Crippen LogP contribution in [0.2, 0.25) is 0 Å². The molecule has 0 heterocycles. The molecule has 140 valence electrons. The lowest BCUT2D eigenvalue weighted by atomic mass is 10.0. The summed E-state index contributed by atoms with van der Waals surface area (Å²) in [4.78, 5) is 13.7. The Bertz CT molecular complexity index is 868. The van der Waals surface area contributed by atoms with Crippen LogP contribution in [0.4, 0.5) is 13.2 Å². The highest BCUT2D eigenvalue weighted by atomic mass is 19.4. The maximum Gasteiger partial charge on any atom is 0.406 e. The van der Waals surface area contributed by atoms with E-state index in [1.54, 1.807) is 24.3 Å². The Balaban J connectivity index is 1.76. The van der Waals surface area contributed by atoms with E-state index in [0.29, 0.717) is 17.5 Å². The van der Waals surface area contributed by atoms with Crippen LogP contribution in [0.25, 0.3) is 0 Å². The first-order valence-electron chi connectivity index (χ1n) is 8.68. The summed E-state index contributed by atoms with van der Waals surface area (Å²) in [5, 5.41) is 8.83. The van der Waals surface area contributed by atoms with Crippen molar-refractivity contribution < 1.29 is 18.0 Å². The first-order chi connectivity index (χ1) is 12.8. The summed E-state index contributed by atoms with van der Waals surface area (Å²) in [5.41, 5.74) is 3.07. The molecule has 1 aliphatic rings. The van der Waals surface area contributed by atoms with Crippen LogP contribution >= 0.6 is 0 Å². The molecule has 6 heteroatoms. The molecule has 0 aliphatic heterocycles. The van der Waals surface area contributed by atoms with Gasteiger partial charge in [-0.25, -0.2) is 0 Å². The molecule has 0 bridgehead atoms. The topological polar surface area (TPSA) is 44.1 Å². The van der Waals surface area contributed by atoms with E-state index in [1.807, 2.05) is 37.3 Å². The number of nitrogens with zero attached hydrogens (tertiary/aromatic N) is 2. The molecular weight excluding hydrogens is 353 g/mol. The molecular formula is C21H19F3N2O. The van der Waals surface area contributed by atoms with E-state index in [-0.39, 0.29) is 12.5 Å². The normalized spacial score (nSPS) is 18.6. The van der Waals surface area contributed by atoms with Crippen LogP contribution in [-0.4, -0.2) is 23.5 Å². The third-order valence-corrected chi connectivity index (χ3v) is 4.83. The number of halogens is 3. The molecule has 0 N–H and O–H groups in total. The molecule has 0 unspecified atom stereocenters. The number of nitriles is 1. The summed E-state index contributed by atoms with van der Waals surface area (Å²) in [7, 11) is 0. The maximum absolute atomic E-state index is 13.0. The van der Waals surface area contributed by atoms with Gasteiger partial charge in [0.15, 0.2) is 0 Å². The monoisotopic (exact) mass is 372 g/mol. The van der Waals surface area contributed by atoms with Crippen molar-refractivity contribution in [3.05, 3.63) is 70.8 Å². The predicted octanol–water partition coefficient (Wildman–Crippen LogP) is 4.56. The second kappa shape index (κ2) is 7.43. The van der Waals surface area contributed by atoms with Gasteiger partial charge in [-0.15, -0.1) is 0 Å². The van der Waals surface area contributed by atoms with Gasteiger partial charge in [-0.05, 0) is 48.1 Å². The van der Waals surface area contributed by atoms with Crippen LogP contribution in [0.5, 0.6) is 0 Å². The molecule has 0 aromatic heterocycles. The van der Waals surface area contributed by atoms with Gasteiger partial charge in [-0.3, -0.25) is 4.79 Å². The van der Waals surface area contributed by atoms with Gasteiger partial charge in [0.1, 0.15) is 6.54 Å². The van der Waals surface area contributed by atoms with Crippen LogP contribution in [0.1, 0.15) is 34.6 Å². The van der Waals surface area contributed by atoms with E-state index in [2.05, 4.69) is 0 Å². The fourth-order valence-electron chi connectivity index (χ4n) is 3.38. The molecule has 1 saturated carbocycles. The highest BCUT2D eigenvalue weighted by Crippen LogP contribution is 2.49. The van der Waals surface area contributed by atoms with Crippen LogP contribution in [-0.2, 0) is 11.3 Å². The zero-order valence-corrected chi connectivity index (χ0v) is 14.8. The smallest absolute Gasteiger partial charge is 0.329 e. The number of carbonyl (C=O) groups excluding carboxylic acids is 1. The Kier molecular flexibility index (Phi) is 5.22. The lowest BCUT2D eigenvalue weighted by Crippen LogP contribution is -2.39. The van der Waals surface area contributed by atoms with Crippen molar-refractivity contribution >= 4 is 5.91 Å². The van der Waals surface area contributed by atoms with Gasteiger partial charge in [0.05, 0.1) is 11.6 Å². The predicted molar refractivity (Wildman–Crippen MR) is 94.7 cm³/mol. The molecule has 27 heavy (non-hydrogen) atoms. The average molecular weight is 372 g/mol. The summed E-state index contributed by atoms with van der Waals surface area (Å²) < 4.78 is 39.1. The van der Waals surface area contributed by atoms with E-state index < -0.39 is 24.5 Å². The zero-order valence-electron chi connectivity index (χ0n) is 14.8. The highest BCUT2D eigenvalue weighted by molar-refractivity contribution is 5.83. The number of alkyl halides is 3. The molecule has 1 aliphatic carbocycles. The van der Waals surface area contributed by atoms with Crippen molar-refractivity contribution in [3.8, 4) is 6.07 Å². The van der Waals surface area contributed by atoms with Gasteiger partial charge in [0.2, 0.25) is 5.91 Å². The summed E-state index contributed by atoms with van der Waals surface area (Å²) in [6.07, 6.45) is -3.89. The Morgan fingerprint density at radius 2 is 1.85 bits per heavy atom. The lowest BCUT2D eigenvalue weighted by molar-refractivity contribution is -0.163. The Morgan fingerprint density at radius 1 is 1.19 bits per heavy atom. The fourth-order valence-corrected chi connectivity index (χ4v) is 3.38. The second-order valence-corrected chi connectivity index (χ2v) is 6.92. The lowest BCUT2D eigenvalue weighted by Gasteiger charge is -2.24. The minimum Gasteiger partial charge on any atom is -0.329 e. The molecule has 0 spiro atoms. The summed E-state index contributed by atoms with van der Waals surface area (Å²) in [5.74, 6) is -0.896. The van der Waals surface area contributed by atoms with E-state index in [0.717, 1.165) is 16.0 Å². The standard InChI is InChI=1S/C21H19F3N2O/c1-14-4-2-3-5-17(14)18-10-19(18)20(27)26(13-21(22,23)24)12-16-8-6-15(11-25)7-9-16/h2-9,18-19H,10,12-13H2,1H3/t18-,19+/m0/s1. The molecule has 0 saturated heterocycles. The molecule has 1 amide bonds. The number of hydrogen-bond donors (Lipinski definition) is 0. The SMILES string of the molecule is Cc1ccccc1[C@@H]1C[C@H]1C(=O)N(Cc1ccc(C#N)cc1)CC(F)(F)F. The van der Waals surface area contributed by atoms with Crippen molar-refractivity contribution in [2.45, 2.75) is 32.0 Å². The summed E-state index contributed by atoms with van der Waals surface area (Å²) in [6.45, 7) is 0.545. The van der Waals surface area contributed by atoms with Crippen LogP contribution in [0.15, 0.2) is 48.5 Å². The summed E-state index contributed by atoms with van der Waals surface area (Å²) in [6, 6.07) is 15.9. The third kappa shape index (κ3) is 4.68. The van der Waals surface area contributed by atoms with E-state index in [1.165, 1.54) is 0 Å². The number of hydrogen-bond acceptors (Lipinski definition) is 2. The minimum atomic E-state index is -4.46. The molecule has 1 fully saturated rings. The molecule has 0 radical (unpaired) electrons.